The molecule has 0 amide bonds. The SMILES string of the molecule is CCCCCOc1ccc(N=Cc2ccc(Sc3nnc(Cc4cccc5ccccc45)n3-c3ccccc3)o2)cc1. The molecule has 210 valence electrons. The van der Waals surface area contributed by atoms with Crippen molar-refractivity contribution in [3.63, 3.8) is 0 Å². The Bertz CT molecular complexity index is 1770. The summed E-state index contributed by atoms with van der Waals surface area (Å²) in [4.78, 5) is 4.57. The van der Waals surface area contributed by atoms with Gasteiger partial charge >= 0.3 is 0 Å². The van der Waals surface area contributed by atoms with E-state index in [1.165, 1.54) is 40.9 Å². The summed E-state index contributed by atoms with van der Waals surface area (Å²) in [5.41, 5.74) is 3.05. The number of benzene rings is 4. The van der Waals surface area contributed by atoms with Crippen molar-refractivity contribution in [1.29, 1.82) is 0 Å². The van der Waals surface area contributed by atoms with E-state index in [-0.39, 0.29) is 0 Å². The minimum atomic E-state index is 0.655. The fourth-order valence-corrected chi connectivity index (χ4v) is 5.63. The molecule has 0 unspecified atom stereocenters. The lowest BCUT2D eigenvalue weighted by Gasteiger charge is -2.11. The maximum atomic E-state index is 6.09. The molecule has 0 saturated carbocycles. The van der Waals surface area contributed by atoms with Gasteiger partial charge in [-0.05, 0) is 83.0 Å². The van der Waals surface area contributed by atoms with Crippen molar-refractivity contribution in [2.24, 2.45) is 4.99 Å². The second-order valence-electron chi connectivity index (χ2n) is 9.95. The molecule has 4 aromatic carbocycles. The molecule has 0 aliphatic heterocycles. The molecule has 0 fully saturated rings. The predicted octanol–water partition coefficient (Wildman–Crippen LogP) is 9.08. The maximum absolute atomic E-state index is 6.09. The molecule has 0 bridgehead atoms. The average molecular weight is 573 g/mol. The third-order valence-corrected chi connectivity index (χ3v) is 7.80. The van der Waals surface area contributed by atoms with Gasteiger partial charge in [0, 0.05) is 12.1 Å². The molecule has 6 rings (SSSR count). The Hall–Kier alpha value is -4.62. The highest BCUT2D eigenvalue weighted by Gasteiger charge is 2.18. The van der Waals surface area contributed by atoms with E-state index in [2.05, 4.69) is 81.3 Å². The lowest BCUT2D eigenvalue weighted by Crippen LogP contribution is -2.04. The van der Waals surface area contributed by atoms with E-state index in [0.717, 1.165) is 41.1 Å². The molecule has 7 heteroatoms. The van der Waals surface area contributed by atoms with Gasteiger partial charge in [0.05, 0.1) is 18.5 Å². The van der Waals surface area contributed by atoms with Crippen molar-refractivity contribution in [3.05, 3.63) is 126 Å². The van der Waals surface area contributed by atoms with Gasteiger partial charge in [0.25, 0.3) is 0 Å². The summed E-state index contributed by atoms with van der Waals surface area (Å²) in [6.07, 6.45) is 5.83. The number of furan rings is 1. The van der Waals surface area contributed by atoms with Crippen molar-refractivity contribution in [2.75, 3.05) is 6.61 Å². The first-order chi connectivity index (χ1) is 20.8. The molecule has 6 aromatic rings. The van der Waals surface area contributed by atoms with Crippen molar-refractivity contribution in [1.82, 2.24) is 14.8 Å². The summed E-state index contributed by atoms with van der Waals surface area (Å²) < 4.78 is 14.0. The predicted molar refractivity (Wildman–Crippen MR) is 170 cm³/mol. The highest BCUT2D eigenvalue weighted by molar-refractivity contribution is 7.99. The van der Waals surface area contributed by atoms with Crippen LogP contribution in [0.25, 0.3) is 16.5 Å². The lowest BCUT2D eigenvalue weighted by atomic mass is 10.0. The first-order valence-electron chi connectivity index (χ1n) is 14.3. The van der Waals surface area contributed by atoms with E-state index >= 15 is 0 Å². The number of aliphatic imine (C=N–C) groups is 1. The van der Waals surface area contributed by atoms with Gasteiger partial charge in [-0.15, -0.1) is 10.2 Å². The van der Waals surface area contributed by atoms with E-state index in [0.29, 0.717) is 17.3 Å². The molecule has 0 atom stereocenters. The summed E-state index contributed by atoms with van der Waals surface area (Å²) in [5.74, 6) is 2.40. The van der Waals surface area contributed by atoms with Gasteiger partial charge in [-0.2, -0.15) is 0 Å². The van der Waals surface area contributed by atoms with E-state index in [9.17, 15) is 0 Å². The fourth-order valence-electron chi connectivity index (χ4n) is 4.79. The average Bonchev–Trinajstić information content (AvgIpc) is 3.66. The van der Waals surface area contributed by atoms with Gasteiger partial charge in [-0.1, -0.05) is 80.4 Å². The van der Waals surface area contributed by atoms with Crippen LogP contribution in [0.5, 0.6) is 5.75 Å². The minimum absolute atomic E-state index is 0.655. The van der Waals surface area contributed by atoms with Crippen molar-refractivity contribution >= 4 is 34.4 Å². The zero-order chi connectivity index (χ0) is 28.6. The number of rotatable bonds is 12. The summed E-state index contributed by atoms with van der Waals surface area (Å²) in [6, 6.07) is 36.7. The van der Waals surface area contributed by atoms with Crippen LogP contribution >= 0.6 is 11.8 Å². The third kappa shape index (κ3) is 6.64. The number of nitrogens with zero attached hydrogens (tertiary/aromatic N) is 4. The third-order valence-electron chi connectivity index (χ3n) is 6.93. The Balaban J connectivity index is 1.19. The van der Waals surface area contributed by atoms with Crippen LogP contribution < -0.4 is 4.74 Å². The maximum Gasteiger partial charge on any atom is 0.203 e. The summed E-state index contributed by atoms with van der Waals surface area (Å²) in [7, 11) is 0. The Morgan fingerprint density at radius 3 is 2.50 bits per heavy atom. The number of fused-ring (bicyclic) bond motifs is 1. The van der Waals surface area contributed by atoms with Crippen LogP contribution in [-0.2, 0) is 6.42 Å². The minimum Gasteiger partial charge on any atom is -0.494 e. The number of para-hydroxylation sites is 1. The van der Waals surface area contributed by atoms with Crippen LogP contribution in [0.2, 0.25) is 0 Å². The molecule has 0 spiro atoms. The highest BCUT2D eigenvalue weighted by atomic mass is 32.2. The summed E-state index contributed by atoms with van der Waals surface area (Å²) in [5, 5.41) is 13.1. The van der Waals surface area contributed by atoms with Gasteiger partial charge in [0.2, 0.25) is 5.16 Å². The molecule has 0 saturated heterocycles. The molecule has 2 heterocycles. The fraction of sp³-hybridized carbons (Fsp3) is 0.171. The van der Waals surface area contributed by atoms with Crippen LogP contribution in [0.15, 0.2) is 129 Å². The van der Waals surface area contributed by atoms with Gasteiger partial charge in [-0.25, -0.2) is 0 Å². The van der Waals surface area contributed by atoms with Crippen LogP contribution in [-0.4, -0.2) is 27.6 Å². The molecule has 2 aromatic heterocycles. The molecular weight excluding hydrogens is 540 g/mol. The zero-order valence-electron chi connectivity index (χ0n) is 23.5. The van der Waals surface area contributed by atoms with E-state index in [1.807, 2.05) is 54.6 Å². The van der Waals surface area contributed by atoms with E-state index < -0.39 is 0 Å². The van der Waals surface area contributed by atoms with Gasteiger partial charge in [0.15, 0.2) is 5.09 Å². The van der Waals surface area contributed by atoms with Crippen molar-refractivity contribution in [2.45, 2.75) is 42.9 Å². The molecule has 42 heavy (non-hydrogen) atoms. The summed E-state index contributed by atoms with van der Waals surface area (Å²) >= 11 is 1.44. The topological polar surface area (TPSA) is 65.4 Å². The van der Waals surface area contributed by atoms with Crippen LogP contribution in [0.4, 0.5) is 5.69 Å². The summed E-state index contributed by atoms with van der Waals surface area (Å²) in [6.45, 7) is 2.93. The Labute approximate surface area is 250 Å². The molecule has 0 aliphatic rings. The smallest absolute Gasteiger partial charge is 0.203 e. The van der Waals surface area contributed by atoms with E-state index in [4.69, 9.17) is 9.15 Å². The Morgan fingerprint density at radius 2 is 1.64 bits per heavy atom. The van der Waals surface area contributed by atoms with Crippen molar-refractivity contribution in [3.8, 4) is 11.4 Å². The number of ether oxygens (including phenoxy) is 1. The molecule has 0 radical (unpaired) electrons. The van der Waals surface area contributed by atoms with Crippen molar-refractivity contribution < 1.29 is 9.15 Å². The van der Waals surface area contributed by atoms with Gasteiger partial charge < -0.3 is 9.15 Å². The van der Waals surface area contributed by atoms with Crippen LogP contribution in [0.3, 0.4) is 0 Å². The Morgan fingerprint density at radius 1 is 0.833 bits per heavy atom. The lowest BCUT2D eigenvalue weighted by molar-refractivity contribution is 0.306. The normalized spacial score (nSPS) is 11.5. The number of aromatic nitrogens is 3. The van der Waals surface area contributed by atoms with Gasteiger partial charge in [-0.3, -0.25) is 9.56 Å². The first kappa shape index (κ1) is 27.5. The first-order valence-corrected chi connectivity index (χ1v) is 15.1. The molecular formula is C35H32N4O2S. The number of hydrogen-bond donors (Lipinski definition) is 0. The zero-order valence-corrected chi connectivity index (χ0v) is 24.3. The van der Waals surface area contributed by atoms with Crippen LogP contribution in [0, 0.1) is 0 Å². The standard InChI is InChI=1S/C35H32N4O2S/c1-2-3-9-23-40-30-19-17-28(18-20-30)36-25-31-21-22-34(41-31)42-35-38-37-33(39(35)29-14-5-4-6-15-29)24-27-13-10-12-26-11-7-8-16-32(26)27/h4-8,10-22,25H,2-3,9,23-24H2,1H3. The van der Waals surface area contributed by atoms with Gasteiger partial charge in [0.1, 0.15) is 17.3 Å². The quantitative estimate of drug-likeness (QED) is 0.108. The molecule has 0 aliphatic carbocycles. The number of hydrogen-bond acceptors (Lipinski definition) is 6. The second-order valence-corrected chi connectivity index (χ2v) is 10.9. The molecule has 6 nitrogen and oxygen atoms in total. The van der Waals surface area contributed by atoms with E-state index in [1.54, 1.807) is 6.21 Å². The Kier molecular flexibility index (Phi) is 8.76. The van der Waals surface area contributed by atoms with Crippen LogP contribution in [0.1, 0.15) is 43.3 Å². The molecule has 0 N–H and O–H groups in total. The largest absolute Gasteiger partial charge is 0.494 e. The number of unbranched alkanes of at least 4 members (excludes halogenated alkanes) is 2. The monoisotopic (exact) mass is 572 g/mol. The second kappa shape index (κ2) is 13.4. The highest BCUT2D eigenvalue weighted by Crippen LogP contribution is 2.32.